The van der Waals surface area contributed by atoms with Gasteiger partial charge >= 0.3 is 0 Å². The molecule has 0 radical (unpaired) electrons. The number of nitrogens with one attached hydrogen (secondary N) is 1. The highest BCUT2D eigenvalue weighted by Crippen LogP contribution is 2.31. The van der Waals surface area contributed by atoms with Crippen LogP contribution < -0.4 is 5.32 Å². The molecule has 1 unspecified atom stereocenters. The first-order valence-electron chi connectivity index (χ1n) is 7.36. The van der Waals surface area contributed by atoms with E-state index in [0.29, 0.717) is 21.5 Å². The monoisotopic (exact) mass is 348 g/mol. The van der Waals surface area contributed by atoms with Crippen molar-refractivity contribution in [3.63, 3.8) is 0 Å². The van der Waals surface area contributed by atoms with Crippen molar-refractivity contribution in [2.45, 2.75) is 26.8 Å². The van der Waals surface area contributed by atoms with Gasteiger partial charge in [0.2, 0.25) is 0 Å². The molecule has 3 rings (SSSR count). The molecule has 23 heavy (non-hydrogen) atoms. The summed E-state index contributed by atoms with van der Waals surface area (Å²) in [7, 11) is 0. The van der Waals surface area contributed by atoms with E-state index >= 15 is 0 Å². The Bertz CT molecular complexity index is 855. The molecular weight excluding hydrogens is 332 g/mol. The quantitative estimate of drug-likeness (QED) is 0.778. The molecular formula is C16H17ClN4OS. The van der Waals surface area contributed by atoms with Crippen molar-refractivity contribution in [2.75, 3.05) is 0 Å². The van der Waals surface area contributed by atoms with Gasteiger partial charge in [-0.3, -0.25) is 4.79 Å². The highest BCUT2D eigenvalue weighted by atomic mass is 35.5. The van der Waals surface area contributed by atoms with Gasteiger partial charge in [-0.2, -0.15) is 5.10 Å². The highest BCUT2D eigenvalue weighted by Gasteiger charge is 2.19. The zero-order valence-corrected chi connectivity index (χ0v) is 14.6. The van der Waals surface area contributed by atoms with Gasteiger partial charge in [-0.15, -0.1) is 11.3 Å². The summed E-state index contributed by atoms with van der Waals surface area (Å²) in [4.78, 5) is 17.8. The maximum Gasteiger partial charge on any atom is 0.256 e. The van der Waals surface area contributed by atoms with E-state index in [0.717, 1.165) is 10.6 Å². The number of fused-ring (bicyclic) bond motifs is 1. The van der Waals surface area contributed by atoms with Crippen LogP contribution in [0, 0.1) is 5.92 Å². The van der Waals surface area contributed by atoms with Gasteiger partial charge < -0.3 is 5.32 Å². The third kappa shape index (κ3) is 3.09. The van der Waals surface area contributed by atoms with Crippen molar-refractivity contribution in [1.82, 2.24) is 19.9 Å². The average Bonchev–Trinajstić information content (AvgIpc) is 3.12. The normalized spacial score (nSPS) is 12.7. The largest absolute Gasteiger partial charge is 0.349 e. The van der Waals surface area contributed by atoms with E-state index in [1.807, 2.05) is 25.1 Å². The molecule has 3 aromatic rings. The number of thiophene rings is 1. The molecule has 3 heterocycles. The van der Waals surface area contributed by atoms with E-state index in [-0.39, 0.29) is 11.9 Å². The van der Waals surface area contributed by atoms with Crippen LogP contribution >= 0.6 is 22.9 Å². The molecule has 0 aromatic carbocycles. The predicted molar refractivity (Wildman–Crippen MR) is 93.1 cm³/mol. The second kappa shape index (κ2) is 6.29. The van der Waals surface area contributed by atoms with E-state index < -0.39 is 0 Å². The van der Waals surface area contributed by atoms with Gasteiger partial charge in [0, 0.05) is 12.2 Å². The molecule has 0 aliphatic heterocycles. The molecule has 3 aromatic heterocycles. The van der Waals surface area contributed by atoms with Crippen molar-refractivity contribution in [3.8, 4) is 10.6 Å². The number of hydrogen-bond donors (Lipinski definition) is 1. The zero-order chi connectivity index (χ0) is 16.6. The number of aromatic nitrogens is 3. The standard InChI is InChI=1S/C16H17ClN4OS/c1-9(2)10(3)20-16(22)11-8-19-21-12(6-7-18-15(11)21)13-4-5-14(17)23-13/h4-10H,1-3H3,(H,20,22). The Morgan fingerprint density at radius 3 is 2.74 bits per heavy atom. The number of halogens is 1. The molecule has 0 bridgehead atoms. The fraction of sp³-hybridized carbons (Fsp3) is 0.312. The number of rotatable bonds is 4. The molecule has 0 spiro atoms. The van der Waals surface area contributed by atoms with Crippen molar-refractivity contribution >= 4 is 34.5 Å². The summed E-state index contributed by atoms with van der Waals surface area (Å²) in [6.45, 7) is 6.12. The van der Waals surface area contributed by atoms with Crippen LogP contribution in [0.4, 0.5) is 0 Å². The number of hydrogen-bond acceptors (Lipinski definition) is 4. The Balaban J connectivity index is 2.00. The topological polar surface area (TPSA) is 59.3 Å². The molecule has 0 fully saturated rings. The van der Waals surface area contributed by atoms with Crippen molar-refractivity contribution in [3.05, 3.63) is 40.5 Å². The lowest BCUT2D eigenvalue weighted by Gasteiger charge is -2.16. The Morgan fingerprint density at radius 2 is 2.09 bits per heavy atom. The van der Waals surface area contributed by atoms with Crippen molar-refractivity contribution < 1.29 is 4.79 Å². The summed E-state index contributed by atoms with van der Waals surface area (Å²) in [5, 5.41) is 7.32. The van der Waals surface area contributed by atoms with Crippen LogP contribution in [0.1, 0.15) is 31.1 Å². The molecule has 0 saturated heterocycles. The molecule has 1 amide bonds. The molecule has 0 saturated carbocycles. The van der Waals surface area contributed by atoms with Crippen LogP contribution in [0.15, 0.2) is 30.6 Å². The molecule has 1 atom stereocenters. The molecule has 7 heteroatoms. The number of carbonyl (C=O) groups is 1. The summed E-state index contributed by atoms with van der Waals surface area (Å²) in [6.07, 6.45) is 3.24. The van der Waals surface area contributed by atoms with Gasteiger partial charge in [-0.05, 0) is 31.0 Å². The average molecular weight is 349 g/mol. The Hall–Kier alpha value is -1.92. The lowest BCUT2D eigenvalue weighted by Crippen LogP contribution is -2.36. The maximum atomic E-state index is 12.5. The second-order valence-corrected chi connectivity index (χ2v) is 7.45. The number of nitrogens with zero attached hydrogens (tertiary/aromatic N) is 3. The molecule has 120 valence electrons. The number of amides is 1. The lowest BCUT2D eigenvalue weighted by molar-refractivity contribution is 0.0932. The first-order valence-corrected chi connectivity index (χ1v) is 8.56. The van der Waals surface area contributed by atoms with Gasteiger partial charge in [0.15, 0.2) is 5.65 Å². The van der Waals surface area contributed by atoms with Crippen LogP contribution in [-0.2, 0) is 0 Å². The summed E-state index contributed by atoms with van der Waals surface area (Å²) in [6, 6.07) is 5.72. The minimum absolute atomic E-state index is 0.0803. The third-order valence-electron chi connectivity index (χ3n) is 3.83. The highest BCUT2D eigenvalue weighted by molar-refractivity contribution is 7.19. The van der Waals surface area contributed by atoms with Crippen LogP contribution in [0.5, 0.6) is 0 Å². The van der Waals surface area contributed by atoms with E-state index in [2.05, 4.69) is 29.2 Å². The maximum absolute atomic E-state index is 12.5. The number of carbonyl (C=O) groups excluding carboxylic acids is 1. The van der Waals surface area contributed by atoms with Crippen molar-refractivity contribution in [2.24, 2.45) is 5.92 Å². The molecule has 0 aliphatic rings. The van der Waals surface area contributed by atoms with E-state index in [4.69, 9.17) is 11.6 Å². The Kier molecular flexibility index (Phi) is 4.37. The molecule has 1 N–H and O–H groups in total. The Labute approximate surface area is 143 Å². The Morgan fingerprint density at radius 1 is 1.30 bits per heavy atom. The summed E-state index contributed by atoms with van der Waals surface area (Å²) < 4.78 is 2.39. The SMILES string of the molecule is CC(C)C(C)NC(=O)c1cnn2c(-c3ccc(Cl)s3)ccnc12. The smallest absolute Gasteiger partial charge is 0.256 e. The van der Waals surface area contributed by atoms with Crippen LogP contribution in [0.3, 0.4) is 0 Å². The van der Waals surface area contributed by atoms with Crippen LogP contribution in [0.25, 0.3) is 16.2 Å². The zero-order valence-electron chi connectivity index (χ0n) is 13.1. The van der Waals surface area contributed by atoms with Crippen LogP contribution in [-0.4, -0.2) is 26.5 Å². The van der Waals surface area contributed by atoms with Gasteiger partial charge in [0.1, 0.15) is 5.56 Å². The predicted octanol–water partition coefficient (Wildman–Crippen LogP) is 3.89. The van der Waals surface area contributed by atoms with Gasteiger partial charge in [0.25, 0.3) is 5.91 Å². The first-order chi connectivity index (χ1) is 11.0. The summed E-state index contributed by atoms with van der Waals surface area (Å²) in [5.74, 6) is 0.202. The summed E-state index contributed by atoms with van der Waals surface area (Å²) >= 11 is 7.48. The fourth-order valence-electron chi connectivity index (χ4n) is 2.14. The van der Waals surface area contributed by atoms with Crippen LogP contribution in [0.2, 0.25) is 4.34 Å². The third-order valence-corrected chi connectivity index (χ3v) is 5.08. The lowest BCUT2D eigenvalue weighted by atomic mass is 10.1. The van der Waals surface area contributed by atoms with E-state index in [9.17, 15) is 4.79 Å². The fourth-order valence-corrected chi connectivity index (χ4v) is 3.20. The van der Waals surface area contributed by atoms with Gasteiger partial charge in [0.05, 0.1) is 21.1 Å². The summed E-state index contributed by atoms with van der Waals surface area (Å²) in [5.41, 5.74) is 1.88. The van der Waals surface area contributed by atoms with Crippen molar-refractivity contribution in [1.29, 1.82) is 0 Å². The van der Waals surface area contributed by atoms with E-state index in [1.165, 1.54) is 11.3 Å². The first kappa shape index (κ1) is 16.0. The molecule has 5 nitrogen and oxygen atoms in total. The molecule has 0 aliphatic carbocycles. The minimum atomic E-state index is -0.157. The second-order valence-electron chi connectivity index (χ2n) is 5.73. The van der Waals surface area contributed by atoms with Gasteiger partial charge in [-0.1, -0.05) is 25.4 Å². The van der Waals surface area contributed by atoms with E-state index in [1.54, 1.807) is 16.9 Å². The minimum Gasteiger partial charge on any atom is -0.349 e. The van der Waals surface area contributed by atoms with Gasteiger partial charge in [-0.25, -0.2) is 9.50 Å².